The van der Waals surface area contributed by atoms with Crippen LogP contribution in [0.5, 0.6) is 5.75 Å². The van der Waals surface area contributed by atoms with Gasteiger partial charge in [-0.15, -0.1) is 0 Å². The monoisotopic (exact) mass is 559 g/mol. The molecule has 0 saturated carbocycles. The predicted octanol–water partition coefficient (Wildman–Crippen LogP) is 8.74. The Morgan fingerprint density at radius 1 is 0.465 bits per heavy atom. The largest absolute Gasteiger partial charge is 0.497 e. The second-order valence-corrected chi connectivity index (χ2v) is 10.1. The molecular formula is C39H29NO3. The summed E-state index contributed by atoms with van der Waals surface area (Å²) in [6.45, 7) is 0. The third-order valence-corrected chi connectivity index (χ3v) is 7.57. The third-order valence-electron chi connectivity index (χ3n) is 7.57. The van der Waals surface area contributed by atoms with Gasteiger partial charge < -0.3 is 10.5 Å². The number of ketones is 2. The lowest BCUT2D eigenvalue weighted by Crippen LogP contribution is -2.16. The van der Waals surface area contributed by atoms with Gasteiger partial charge in [-0.3, -0.25) is 9.59 Å². The number of benzene rings is 6. The van der Waals surface area contributed by atoms with E-state index >= 15 is 0 Å². The van der Waals surface area contributed by atoms with Crippen molar-refractivity contribution in [2.24, 2.45) is 0 Å². The molecule has 0 amide bonds. The topological polar surface area (TPSA) is 69.4 Å². The van der Waals surface area contributed by atoms with E-state index in [0.29, 0.717) is 50.4 Å². The molecule has 0 unspecified atom stereocenters. The van der Waals surface area contributed by atoms with Crippen LogP contribution in [0.2, 0.25) is 0 Å². The standard InChI is InChI=1S/C39H29NO3/c1-43-31-24-22-28(23-25-31)34-32(26-14-6-2-7-15-26)35(38(41)29-18-10-4-11-19-29)33(27-16-8-3-9-17-27)36(37(34)40)39(42)30-20-12-5-13-21-30/h2-25H,40H2,1H3. The van der Waals surface area contributed by atoms with Gasteiger partial charge in [-0.25, -0.2) is 0 Å². The SMILES string of the molecule is COc1ccc(-c2c(N)c(C(=O)c3ccccc3)c(-c3ccccc3)c(C(=O)c3ccccc3)c2-c2ccccc2)cc1. The van der Waals surface area contributed by atoms with Gasteiger partial charge >= 0.3 is 0 Å². The fourth-order valence-electron chi connectivity index (χ4n) is 5.54. The molecule has 0 aliphatic heterocycles. The number of hydrogen-bond donors (Lipinski definition) is 1. The summed E-state index contributed by atoms with van der Waals surface area (Å²) < 4.78 is 5.43. The third kappa shape index (κ3) is 5.22. The molecule has 4 heteroatoms. The van der Waals surface area contributed by atoms with Crippen LogP contribution in [0.4, 0.5) is 5.69 Å². The first kappa shape index (κ1) is 27.4. The number of nitrogens with two attached hydrogens (primary N) is 1. The smallest absolute Gasteiger partial charge is 0.195 e. The molecule has 6 rings (SSSR count). The highest BCUT2D eigenvalue weighted by Crippen LogP contribution is 2.48. The minimum absolute atomic E-state index is 0.199. The van der Waals surface area contributed by atoms with Gasteiger partial charge in [0.1, 0.15) is 5.75 Å². The Kier molecular flexibility index (Phi) is 7.66. The van der Waals surface area contributed by atoms with Crippen molar-refractivity contribution in [2.45, 2.75) is 0 Å². The maximum absolute atomic E-state index is 14.8. The van der Waals surface area contributed by atoms with Gasteiger partial charge in [0.25, 0.3) is 0 Å². The minimum atomic E-state index is -0.256. The van der Waals surface area contributed by atoms with Crippen molar-refractivity contribution < 1.29 is 14.3 Å². The van der Waals surface area contributed by atoms with E-state index in [4.69, 9.17) is 10.5 Å². The Bertz CT molecular complexity index is 1900. The lowest BCUT2D eigenvalue weighted by molar-refractivity contribution is 0.103. The molecular weight excluding hydrogens is 530 g/mol. The summed E-state index contributed by atoms with van der Waals surface area (Å²) in [7, 11) is 1.61. The number of carbonyl (C=O) groups is 2. The number of nitrogen functional groups attached to an aromatic ring is 1. The zero-order valence-electron chi connectivity index (χ0n) is 23.7. The Balaban J connectivity index is 1.83. The van der Waals surface area contributed by atoms with Crippen LogP contribution in [0.15, 0.2) is 146 Å². The molecule has 0 saturated heterocycles. The van der Waals surface area contributed by atoms with E-state index in [0.717, 1.165) is 16.7 Å². The van der Waals surface area contributed by atoms with Crippen LogP contribution in [-0.4, -0.2) is 18.7 Å². The maximum Gasteiger partial charge on any atom is 0.195 e. The van der Waals surface area contributed by atoms with Gasteiger partial charge in [-0.2, -0.15) is 0 Å². The minimum Gasteiger partial charge on any atom is -0.497 e. The van der Waals surface area contributed by atoms with E-state index in [-0.39, 0.29) is 11.6 Å². The highest BCUT2D eigenvalue weighted by molar-refractivity contribution is 6.27. The summed E-state index contributed by atoms with van der Waals surface area (Å²) in [5, 5.41) is 0. The second-order valence-electron chi connectivity index (χ2n) is 10.1. The Labute approximate surface area is 251 Å². The molecule has 6 aromatic rings. The van der Waals surface area contributed by atoms with Crippen LogP contribution < -0.4 is 10.5 Å². The molecule has 0 aliphatic rings. The molecule has 0 bridgehead atoms. The average Bonchev–Trinajstić information content (AvgIpc) is 3.08. The van der Waals surface area contributed by atoms with E-state index in [1.165, 1.54) is 0 Å². The molecule has 0 aromatic heterocycles. The van der Waals surface area contributed by atoms with E-state index in [1.807, 2.05) is 121 Å². The van der Waals surface area contributed by atoms with Crippen LogP contribution in [0.1, 0.15) is 31.8 Å². The highest BCUT2D eigenvalue weighted by atomic mass is 16.5. The van der Waals surface area contributed by atoms with Crippen molar-refractivity contribution in [1.82, 2.24) is 0 Å². The zero-order valence-corrected chi connectivity index (χ0v) is 23.7. The molecule has 6 aromatic carbocycles. The van der Waals surface area contributed by atoms with Gasteiger partial charge in [0.15, 0.2) is 11.6 Å². The van der Waals surface area contributed by atoms with Gasteiger partial charge in [0.2, 0.25) is 0 Å². The number of hydrogen-bond acceptors (Lipinski definition) is 4. The summed E-state index contributed by atoms with van der Waals surface area (Å²) >= 11 is 0. The number of ether oxygens (including phenoxy) is 1. The molecule has 0 fully saturated rings. The van der Waals surface area contributed by atoms with Gasteiger partial charge in [-0.05, 0) is 28.8 Å². The first-order chi connectivity index (χ1) is 21.1. The van der Waals surface area contributed by atoms with Crippen molar-refractivity contribution in [1.29, 1.82) is 0 Å². The van der Waals surface area contributed by atoms with Crippen molar-refractivity contribution in [3.8, 4) is 39.1 Å². The van der Waals surface area contributed by atoms with Crippen LogP contribution in [0.25, 0.3) is 33.4 Å². The summed E-state index contributed by atoms with van der Waals surface area (Å²) in [5.74, 6) is 0.231. The summed E-state index contributed by atoms with van der Waals surface area (Å²) in [5.41, 5.74) is 13.3. The van der Waals surface area contributed by atoms with Gasteiger partial charge in [-0.1, -0.05) is 133 Å². The number of rotatable bonds is 8. The Morgan fingerprint density at radius 3 is 1.33 bits per heavy atom. The van der Waals surface area contributed by atoms with E-state index in [2.05, 4.69) is 0 Å². The lowest BCUT2D eigenvalue weighted by Gasteiger charge is -2.25. The fourth-order valence-corrected chi connectivity index (χ4v) is 5.54. The van der Waals surface area contributed by atoms with Crippen LogP contribution in [0, 0.1) is 0 Å². The van der Waals surface area contributed by atoms with Crippen molar-refractivity contribution in [2.75, 3.05) is 12.8 Å². The molecule has 208 valence electrons. The quantitative estimate of drug-likeness (QED) is 0.150. The fraction of sp³-hybridized carbons (Fsp3) is 0.0256. The van der Waals surface area contributed by atoms with Gasteiger partial charge in [0, 0.05) is 33.4 Å². The molecule has 4 nitrogen and oxygen atoms in total. The van der Waals surface area contributed by atoms with Crippen molar-refractivity contribution in [3.05, 3.63) is 168 Å². The molecule has 0 heterocycles. The van der Waals surface area contributed by atoms with E-state index in [1.54, 1.807) is 31.4 Å². The van der Waals surface area contributed by atoms with Crippen molar-refractivity contribution in [3.63, 3.8) is 0 Å². The van der Waals surface area contributed by atoms with Gasteiger partial charge in [0.05, 0.1) is 18.4 Å². The second kappa shape index (κ2) is 12.0. The van der Waals surface area contributed by atoms with Crippen molar-refractivity contribution >= 4 is 17.3 Å². The number of carbonyl (C=O) groups excluding carboxylic acids is 2. The Morgan fingerprint density at radius 2 is 0.860 bits per heavy atom. The lowest BCUT2D eigenvalue weighted by atomic mass is 9.77. The predicted molar refractivity (Wildman–Crippen MR) is 173 cm³/mol. The normalized spacial score (nSPS) is 10.7. The molecule has 2 N–H and O–H groups in total. The summed E-state index contributed by atoms with van der Waals surface area (Å²) in [6.07, 6.45) is 0. The van der Waals surface area contributed by atoms with Crippen LogP contribution >= 0.6 is 0 Å². The molecule has 0 aliphatic carbocycles. The highest BCUT2D eigenvalue weighted by Gasteiger charge is 2.32. The first-order valence-corrected chi connectivity index (χ1v) is 14.0. The molecule has 43 heavy (non-hydrogen) atoms. The first-order valence-electron chi connectivity index (χ1n) is 14.0. The average molecular weight is 560 g/mol. The molecule has 0 radical (unpaired) electrons. The maximum atomic E-state index is 14.8. The molecule has 0 atom stereocenters. The number of anilines is 1. The summed E-state index contributed by atoms with van der Waals surface area (Å²) in [4.78, 5) is 29.3. The van der Waals surface area contributed by atoms with Crippen LogP contribution in [0.3, 0.4) is 0 Å². The Hall–Kier alpha value is -5.74. The van der Waals surface area contributed by atoms with Crippen LogP contribution in [-0.2, 0) is 0 Å². The zero-order chi connectivity index (χ0) is 29.8. The molecule has 0 spiro atoms. The van der Waals surface area contributed by atoms with E-state index in [9.17, 15) is 9.59 Å². The number of methoxy groups -OCH3 is 1. The van der Waals surface area contributed by atoms with E-state index < -0.39 is 0 Å². The summed E-state index contributed by atoms with van der Waals surface area (Å²) in [6, 6.07) is 45.0.